The molecule has 148 valence electrons. The summed E-state index contributed by atoms with van der Waals surface area (Å²) in [5.41, 5.74) is 0.908. The van der Waals surface area contributed by atoms with Crippen molar-refractivity contribution in [3.05, 3.63) is 53.2 Å². The predicted molar refractivity (Wildman–Crippen MR) is 112 cm³/mol. The van der Waals surface area contributed by atoms with Gasteiger partial charge in [-0.25, -0.2) is 4.98 Å². The molecule has 0 radical (unpaired) electrons. The highest BCUT2D eigenvalue weighted by Crippen LogP contribution is 2.22. The molecule has 0 bridgehead atoms. The van der Waals surface area contributed by atoms with Crippen LogP contribution in [-0.2, 0) is 4.79 Å². The van der Waals surface area contributed by atoms with Crippen LogP contribution in [0.15, 0.2) is 42.6 Å². The van der Waals surface area contributed by atoms with E-state index in [1.807, 2.05) is 0 Å². The van der Waals surface area contributed by atoms with E-state index in [2.05, 4.69) is 27.4 Å². The third-order valence-corrected chi connectivity index (χ3v) is 5.12. The number of nitrogens with zero attached hydrogens (tertiary/aromatic N) is 2. The first-order valence-electron chi connectivity index (χ1n) is 9.62. The molecule has 1 fully saturated rings. The standard InChI is InChI=1S/C21H25ClN4O2/c1-2-11-26-12-9-15(10-13-26)20(27)24-18-6-4-3-5-17(18)21(28)25-19-8-7-16(22)14-23-19/h3-8,14-15H,2,9-13H2,1H3,(H,24,27)(H,23,25,28). The van der Waals surface area contributed by atoms with Crippen LogP contribution in [-0.4, -0.2) is 41.3 Å². The molecule has 2 aromatic rings. The summed E-state index contributed by atoms with van der Waals surface area (Å²) < 4.78 is 0. The highest BCUT2D eigenvalue weighted by molar-refractivity contribution is 6.30. The van der Waals surface area contributed by atoms with Crippen molar-refractivity contribution in [2.24, 2.45) is 5.92 Å². The number of amides is 2. The minimum absolute atomic E-state index is 0.0258. The molecule has 6 nitrogen and oxygen atoms in total. The molecule has 0 atom stereocenters. The predicted octanol–water partition coefficient (Wildman–Crippen LogP) is 4.05. The first-order chi connectivity index (χ1) is 13.6. The van der Waals surface area contributed by atoms with Gasteiger partial charge >= 0.3 is 0 Å². The minimum atomic E-state index is -0.330. The fourth-order valence-corrected chi connectivity index (χ4v) is 3.51. The van der Waals surface area contributed by atoms with Crippen LogP contribution in [0.25, 0.3) is 0 Å². The number of carbonyl (C=O) groups is 2. The Morgan fingerprint density at radius 2 is 1.89 bits per heavy atom. The Labute approximate surface area is 170 Å². The number of hydrogen-bond donors (Lipinski definition) is 2. The maximum atomic E-state index is 12.7. The van der Waals surface area contributed by atoms with E-state index in [-0.39, 0.29) is 17.7 Å². The lowest BCUT2D eigenvalue weighted by Crippen LogP contribution is -2.38. The fourth-order valence-electron chi connectivity index (χ4n) is 3.39. The van der Waals surface area contributed by atoms with Crippen LogP contribution in [0.2, 0.25) is 5.02 Å². The highest BCUT2D eigenvalue weighted by Gasteiger charge is 2.25. The number of likely N-dealkylation sites (tertiary alicyclic amines) is 1. The van der Waals surface area contributed by atoms with Crippen LogP contribution in [0, 0.1) is 5.92 Å². The number of benzene rings is 1. The molecular formula is C21H25ClN4O2. The lowest BCUT2D eigenvalue weighted by Gasteiger charge is -2.31. The molecule has 0 spiro atoms. The van der Waals surface area contributed by atoms with Gasteiger partial charge in [0.1, 0.15) is 5.82 Å². The van der Waals surface area contributed by atoms with Crippen LogP contribution >= 0.6 is 11.6 Å². The SMILES string of the molecule is CCCN1CCC(C(=O)Nc2ccccc2C(=O)Nc2ccc(Cl)cn2)CC1. The number of aromatic nitrogens is 1. The molecule has 0 unspecified atom stereocenters. The van der Waals surface area contributed by atoms with Crippen molar-refractivity contribution in [1.29, 1.82) is 0 Å². The van der Waals surface area contributed by atoms with E-state index in [9.17, 15) is 9.59 Å². The first kappa shape index (κ1) is 20.3. The number of anilines is 2. The summed E-state index contributed by atoms with van der Waals surface area (Å²) in [6, 6.07) is 10.3. The zero-order valence-corrected chi connectivity index (χ0v) is 16.7. The first-order valence-corrected chi connectivity index (χ1v) is 9.99. The van der Waals surface area contributed by atoms with E-state index in [1.54, 1.807) is 36.4 Å². The molecule has 0 aliphatic carbocycles. The number of nitrogens with one attached hydrogen (secondary N) is 2. The summed E-state index contributed by atoms with van der Waals surface area (Å²) in [7, 11) is 0. The van der Waals surface area contributed by atoms with Gasteiger partial charge in [-0.3, -0.25) is 9.59 Å². The second-order valence-electron chi connectivity index (χ2n) is 6.97. The third kappa shape index (κ3) is 5.30. The summed E-state index contributed by atoms with van der Waals surface area (Å²) in [6.07, 6.45) is 4.28. The van der Waals surface area contributed by atoms with Crippen LogP contribution in [0.5, 0.6) is 0 Å². The summed E-state index contributed by atoms with van der Waals surface area (Å²) >= 11 is 5.82. The zero-order valence-electron chi connectivity index (χ0n) is 16.0. The zero-order chi connectivity index (χ0) is 19.9. The van der Waals surface area contributed by atoms with Gasteiger partial charge in [0.15, 0.2) is 0 Å². The molecule has 1 aromatic heterocycles. The second-order valence-corrected chi connectivity index (χ2v) is 7.40. The Hall–Kier alpha value is -2.44. The summed E-state index contributed by atoms with van der Waals surface area (Å²) in [5.74, 6) is 0.0190. The van der Waals surface area contributed by atoms with Crippen LogP contribution in [0.3, 0.4) is 0 Å². The van der Waals surface area contributed by atoms with Gasteiger partial charge in [-0.15, -0.1) is 0 Å². The number of rotatable bonds is 6. The molecule has 1 aliphatic heterocycles. The van der Waals surface area contributed by atoms with Crippen molar-refractivity contribution >= 4 is 34.9 Å². The lowest BCUT2D eigenvalue weighted by atomic mass is 9.95. The summed E-state index contributed by atoms with van der Waals surface area (Å²) in [6.45, 7) is 5.13. The molecule has 2 heterocycles. The number of hydrogen-bond acceptors (Lipinski definition) is 4. The number of pyridine rings is 1. The number of halogens is 1. The van der Waals surface area contributed by atoms with Gasteiger partial charge in [-0.05, 0) is 63.2 Å². The average molecular weight is 401 g/mol. The Bertz CT molecular complexity index is 817. The van der Waals surface area contributed by atoms with Crippen LogP contribution in [0.4, 0.5) is 11.5 Å². The Morgan fingerprint density at radius 3 is 2.57 bits per heavy atom. The quantitative estimate of drug-likeness (QED) is 0.767. The van der Waals surface area contributed by atoms with Crippen LogP contribution < -0.4 is 10.6 Å². The molecule has 1 aliphatic rings. The molecule has 1 saturated heterocycles. The second kappa shape index (κ2) is 9.66. The largest absolute Gasteiger partial charge is 0.325 e. The Morgan fingerprint density at radius 1 is 1.14 bits per heavy atom. The maximum absolute atomic E-state index is 12.7. The van der Waals surface area contributed by atoms with Gasteiger partial charge < -0.3 is 15.5 Å². The Balaban J connectivity index is 1.64. The van der Waals surface area contributed by atoms with Gasteiger partial charge in [0, 0.05) is 12.1 Å². The van der Waals surface area contributed by atoms with Gasteiger partial charge in [0.25, 0.3) is 5.91 Å². The molecule has 28 heavy (non-hydrogen) atoms. The molecule has 3 rings (SSSR count). The van der Waals surface area contributed by atoms with Crippen molar-refractivity contribution in [3.63, 3.8) is 0 Å². The molecule has 7 heteroatoms. The summed E-state index contributed by atoms with van der Waals surface area (Å²) in [5, 5.41) is 6.17. The minimum Gasteiger partial charge on any atom is -0.325 e. The normalized spacial score (nSPS) is 15.2. The monoisotopic (exact) mass is 400 g/mol. The van der Waals surface area contributed by atoms with E-state index < -0.39 is 0 Å². The van der Waals surface area contributed by atoms with Gasteiger partial charge in [0.05, 0.1) is 16.3 Å². The smallest absolute Gasteiger partial charge is 0.258 e. The van der Waals surface area contributed by atoms with Crippen LogP contribution in [0.1, 0.15) is 36.5 Å². The molecular weight excluding hydrogens is 376 g/mol. The van der Waals surface area contributed by atoms with E-state index >= 15 is 0 Å². The van der Waals surface area contributed by atoms with Gasteiger partial charge in [-0.1, -0.05) is 30.7 Å². The Kier molecular flexibility index (Phi) is 7.01. The van der Waals surface area contributed by atoms with Gasteiger partial charge in [-0.2, -0.15) is 0 Å². The number of para-hydroxylation sites is 1. The molecule has 2 amide bonds. The molecule has 0 saturated carbocycles. The number of carbonyl (C=O) groups excluding carboxylic acids is 2. The van der Waals surface area contributed by atoms with Crippen molar-refractivity contribution < 1.29 is 9.59 Å². The topological polar surface area (TPSA) is 74.3 Å². The van der Waals surface area contributed by atoms with Gasteiger partial charge in [0.2, 0.25) is 5.91 Å². The van der Waals surface area contributed by atoms with Crippen molar-refractivity contribution in [2.45, 2.75) is 26.2 Å². The third-order valence-electron chi connectivity index (χ3n) is 4.90. The molecule has 2 N–H and O–H groups in total. The van der Waals surface area contributed by atoms with E-state index in [0.717, 1.165) is 38.9 Å². The molecule has 1 aromatic carbocycles. The lowest BCUT2D eigenvalue weighted by molar-refractivity contribution is -0.121. The highest BCUT2D eigenvalue weighted by atomic mass is 35.5. The van der Waals surface area contributed by atoms with E-state index in [4.69, 9.17) is 11.6 Å². The maximum Gasteiger partial charge on any atom is 0.258 e. The van der Waals surface area contributed by atoms with Crippen molar-refractivity contribution in [2.75, 3.05) is 30.3 Å². The number of piperidine rings is 1. The fraction of sp³-hybridized carbons (Fsp3) is 0.381. The van der Waals surface area contributed by atoms with Crippen molar-refractivity contribution in [3.8, 4) is 0 Å². The van der Waals surface area contributed by atoms with Crippen molar-refractivity contribution in [1.82, 2.24) is 9.88 Å². The van der Waals surface area contributed by atoms with E-state index in [1.165, 1.54) is 6.20 Å². The summed E-state index contributed by atoms with van der Waals surface area (Å²) in [4.78, 5) is 31.8. The van der Waals surface area contributed by atoms with E-state index in [0.29, 0.717) is 22.1 Å². The average Bonchev–Trinajstić information content (AvgIpc) is 2.71.